The van der Waals surface area contributed by atoms with Crippen LogP contribution in [0.4, 0.5) is 0 Å². The van der Waals surface area contributed by atoms with Crippen LogP contribution in [0.25, 0.3) is 0 Å². The number of aliphatic hydroxyl groups excluding tert-OH is 1. The van der Waals surface area contributed by atoms with Gasteiger partial charge in [-0.2, -0.15) is 0 Å². The molecule has 0 aliphatic carbocycles. The van der Waals surface area contributed by atoms with Gasteiger partial charge in [0.15, 0.2) is 8.32 Å². The van der Waals surface area contributed by atoms with Crippen molar-refractivity contribution >= 4 is 8.32 Å². The number of hydrogen-bond donors (Lipinski definition) is 1. The number of unbranched alkanes of at least 4 members (excludes halogenated alkanes) is 1. The molecular formula is C15H32O2Si. The Kier molecular flexibility index (Phi) is 8.07. The second-order valence-corrected chi connectivity index (χ2v) is 11.4. The van der Waals surface area contributed by atoms with Crippen LogP contribution >= 0.6 is 0 Å². The lowest BCUT2D eigenvalue weighted by Crippen LogP contribution is -2.40. The molecule has 0 spiro atoms. The van der Waals surface area contributed by atoms with E-state index in [2.05, 4.69) is 40.4 Å². The van der Waals surface area contributed by atoms with Gasteiger partial charge in [-0.05, 0) is 43.3 Å². The van der Waals surface area contributed by atoms with Gasteiger partial charge < -0.3 is 9.53 Å². The number of allylic oxidation sites excluding steroid dienone is 1. The summed E-state index contributed by atoms with van der Waals surface area (Å²) in [5.74, 6) is 0.461. The van der Waals surface area contributed by atoms with E-state index in [0.29, 0.717) is 11.0 Å². The van der Waals surface area contributed by atoms with E-state index < -0.39 is 8.32 Å². The van der Waals surface area contributed by atoms with Crippen LogP contribution in [-0.4, -0.2) is 26.6 Å². The highest BCUT2D eigenvalue weighted by Gasteiger charge is 2.36. The maximum absolute atomic E-state index is 8.90. The summed E-state index contributed by atoms with van der Waals surface area (Å²) in [6, 6.07) is 0. The summed E-state index contributed by atoms with van der Waals surface area (Å²) in [5.41, 5.74) is 0. The van der Waals surface area contributed by atoms with Gasteiger partial charge >= 0.3 is 0 Å². The molecule has 0 rings (SSSR count). The average Bonchev–Trinajstić information content (AvgIpc) is 2.25. The summed E-state index contributed by atoms with van der Waals surface area (Å²) in [6.07, 6.45) is 6.19. The molecule has 2 nitrogen and oxygen atoms in total. The molecule has 1 atom stereocenters. The van der Waals surface area contributed by atoms with Crippen molar-refractivity contribution in [1.29, 1.82) is 0 Å². The molecule has 0 fully saturated rings. The Balaban J connectivity index is 3.77. The van der Waals surface area contributed by atoms with Crippen molar-refractivity contribution in [3.05, 3.63) is 12.7 Å². The van der Waals surface area contributed by atoms with Gasteiger partial charge in [-0.25, -0.2) is 0 Å². The highest BCUT2D eigenvalue weighted by molar-refractivity contribution is 6.74. The van der Waals surface area contributed by atoms with Crippen LogP contribution in [0, 0.1) is 5.92 Å². The van der Waals surface area contributed by atoms with Crippen LogP contribution in [-0.2, 0) is 4.43 Å². The van der Waals surface area contributed by atoms with Gasteiger partial charge in [0.2, 0.25) is 0 Å². The van der Waals surface area contributed by atoms with Gasteiger partial charge in [-0.15, -0.1) is 6.58 Å². The molecule has 0 heterocycles. The van der Waals surface area contributed by atoms with Crippen LogP contribution < -0.4 is 0 Å². The summed E-state index contributed by atoms with van der Waals surface area (Å²) in [7, 11) is -1.57. The van der Waals surface area contributed by atoms with Crippen LogP contribution in [0.15, 0.2) is 12.7 Å². The van der Waals surface area contributed by atoms with E-state index in [1.54, 1.807) is 0 Å². The maximum atomic E-state index is 8.90. The maximum Gasteiger partial charge on any atom is 0.191 e. The monoisotopic (exact) mass is 272 g/mol. The van der Waals surface area contributed by atoms with Crippen molar-refractivity contribution in [2.75, 3.05) is 13.2 Å². The molecule has 3 heteroatoms. The van der Waals surface area contributed by atoms with Gasteiger partial charge in [0, 0.05) is 13.2 Å². The first-order chi connectivity index (χ1) is 8.24. The lowest BCUT2D eigenvalue weighted by molar-refractivity contribution is 0.256. The molecule has 1 N–H and O–H groups in total. The molecule has 18 heavy (non-hydrogen) atoms. The first kappa shape index (κ1) is 17.9. The van der Waals surface area contributed by atoms with Crippen LogP contribution in [0.5, 0.6) is 0 Å². The van der Waals surface area contributed by atoms with E-state index in [4.69, 9.17) is 9.53 Å². The van der Waals surface area contributed by atoms with Gasteiger partial charge in [0.25, 0.3) is 0 Å². The Morgan fingerprint density at radius 2 is 1.83 bits per heavy atom. The lowest BCUT2D eigenvalue weighted by Gasteiger charge is -2.36. The van der Waals surface area contributed by atoms with Crippen molar-refractivity contribution in [2.45, 2.75) is 64.6 Å². The van der Waals surface area contributed by atoms with Crippen molar-refractivity contribution in [1.82, 2.24) is 0 Å². The normalized spacial score (nSPS) is 14.6. The zero-order chi connectivity index (χ0) is 14.2. The van der Waals surface area contributed by atoms with E-state index in [-0.39, 0.29) is 6.61 Å². The van der Waals surface area contributed by atoms with Gasteiger partial charge in [-0.1, -0.05) is 33.3 Å². The molecule has 0 aliphatic rings. The fourth-order valence-electron chi connectivity index (χ4n) is 1.60. The largest absolute Gasteiger partial charge is 0.417 e. The number of aliphatic hydroxyl groups is 1. The fourth-order valence-corrected chi connectivity index (χ4v) is 2.69. The van der Waals surface area contributed by atoms with Crippen molar-refractivity contribution in [2.24, 2.45) is 5.92 Å². The Morgan fingerprint density at radius 3 is 2.28 bits per heavy atom. The van der Waals surface area contributed by atoms with Crippen molar-refractivity contribution in [3.8, 4) is 0 Å². The lowest BCUT2D eigenvalue weighted by atomic mass is 9.99. The molecule has 0 aromatic rings. The van der Waals surface area contributed by atoms with Crippen molar-refractivity contribution < 1.29 is 9.53 Å². The minimum absolute atomic E-state index is 0.261. The molecule has 0 saturated carbocycles. The van der Waals surface area contributed by atoms with Crippen LogP contribution in [0.2, 0.25) is 18.1 Å². The minimum atomic E-state index is -1.57. The Bertz CT molecular complexity index is 231. The summed E-state index contributed by atoms with van der Waals surface area (Å²) < 4.78 is 6.13. The van der Waals surface area contributed by atoms with E-state index in [1.165, 1.54) is 0 Å². The number of hydrogen-bond acceptors (Lipinski definition) is 2. The second-order valence-electron chi connectivity index (χ2n) is 6.61. The highest BCUT2D eigenvalue weighted by atomic mass is 28.4. The van der Waals surface area contributed by atoms with E-state index >= 15 is 0 Å². The van der Waals surface area contributed by atoms with Crippen LogP contribution in [0.3, 0.4) is 0 Å². The van der Waals surface area contributed by atoms with Gasteiger partial charge in [0.05, 0.1) is 0 Å². The Hall–Kier alpha value is -0.123. The molecule has 0 radical (unpaired) electrons. The van der Waals surface area contributed by atoms with Crippen LogP contribution in [0.1, 0.15) is 46.5 Å². The zero-order valence-electron chi connectivity index (χ0n) is 13.0. The first-order valence-electron chi connectivity index (χ1n) is 7.12. The molecule has 108 valence electrons. The molecule has 0 saturated heterocycles. The average molecular weight is 273 g/mol. The first-order valence-corrected chi connectivity index (χ1v) is 10.0. The second kappa shape index (κ2) is 8.13. The Morgan fingerprint density at radius 1 is 1.22 bits per heavy atom. The summed E-state index contributed by atoms with van der Waals surface area (Å²) in [6.45, 7) is 16.4. The minimum Gasteiger partial charge on any atom is -0.417 e. The SMILES string of the molecule is C=CC(CCO)CCCCO[Si](C)(C)C(C)(C)C. The summed E-state index contributed by atoms with van der Waals surface area (Å²) in [5, 5.41) is 9.20. The molecule has 0 aromatic heterocycles. The topological polar surface area (TPSA) is 29.5 Å². The molecular weight excluding hydrogens is 240 g/mol. The van der Waals surface area contributed by atoms with E-state index in [0.717, 1.165) is 32.3 Å². The predicted molar refractivity (Wildman–Crippen MR) is 82.4 cm³/mol. The van der Waals surface area contributed by atoms with Gasteiger partial charge in [0.1, 0.15) is 0 Å². The summed E-state index contributed by atoms with van der Waals surface area (Å²) in [4.78, 5) is 0. The highest BCUT2D eigenvalue weighted by Crippen LogP contribution is 2.36. The zero-order valence-corrected chi connectivity index (χ0v) is 14.0. The summed E-state index contributed by atoms with van der Waals surface area (Å²) >= 11 is 0. The quantitative estimate of drug-likeness (QED) is 0.384. The molecule has 0 amide bonds. The third-order valence-corrected chi connectivity index (χ3v) is 8.61. The standard InChI is InChI=1S/C15H32O2Si/c1-7-14(11-12-16)10-8-9-13-17-18(5,6)15(2,3)4/h7,14,16H,1,8-13H2,2-6H3. The Labute approximate surface area is 115 Å². The van der Waals surface area contributed by atoms with Gasteiger partial charge in [-0.3, -0.25) is 0 Å². The number of rotatable bonds is 9. The third kappa shape index (κ3) is 6.71. The smallest absolute Gasteiger partial charge is 0.191 e. The van der Waals surface area contributed by atoms with E-state index in [9.17, 15) is 0 Å². The van der Waals surface area contributed by atoms with Crippen molar-refractivity contribution in [3.63, 3.8) is 0 Å². The molecule has 0 bridgehead atoms. The molecule has 1 unspecified atom stereocenters. The fraction of sp³-hybridized carbons (Fsp3) is 0.867. The molecule has 0 aromatic carbocycles. The predicted octanol–water partition coefficient (Wildman–Crippen LogP) is 4.36. The molecule has 0 aliphatic heterocycles. The third-order valence-electron chi connectivity index (χ3n) is 4.07. The van der Waals surface area contributed by atoms with E-state index in [1.807, 2.05) is 6.08 Å².